The maximum Gasteiger partial charge on any atom is 0.306 e. The first-order chi connectivity index (χ1) is 19.1. The Morgan fingerprint density at radius 3 is 1.59 bits per heavy atom. The zero-order valence-electron chi connectivity index (χ0n) is 23.0. The van der Waals surface area contributed by atoms with Crippen molar-refractivity contribution in [2.24, 2.45) is 0 Å². The molecule has 1 fully saturated rings. The van der Waals surface area contributed by atoms with Gasteiger partial charge < -0.3 is 9.64 Å². The van der Waals surface area contributed by atoms with Crippen molar-refractivity contribution in [3.05, 3.63) is 144 Å². The fourth-order valence-electron chi connectivity index (χ4n) is 6.21. The van der Waals surface area contributed by atoms with E-state index in [1.165, 1.54) is 22.3 Å². The lowest BCUT2D eigenvalue weighted by molar-refractivity contribution is -0.164. The average molecular weight is 518 g/mol. The van der Waals surface area contributed by atoms with Crippen molar-refractivity contribution in [1.82, 2.24) is 4.90 Å². The van der Waals surface area contributed by atoms with E-state index in [1.54, 1.807) is 0 Å². The third kappa shape index (κ3) is 6.15. The standard InChI is InChI=1S/C36H39NO2/c1-2-34(38)39-35(29-30-15-7-3-8-16-30)23-26-37(27-24-35)28-25-36(31-17-9-4-10-18-31,32-19-11-5-12-20-32)33-21-13-6-14-22-33/h3-22H,2,23-29H2,1H3. The summed E-state index contributed by atoms with van der Waals surface area (Å²) in [5.74, 6) is -0.101. The van der Waals surface area contributed by atoms with Crippen LogP contribution >= 0.6 is 0 Å². The molecule has 5 rings (SSSR count). The highest BCUT2D eigenvalue weighted by Gasteiger charge is 2.40. The van der Waals surface area contributed by atoms with Crippen LogP contribution in [0.1, 0.15) is 54.9 Å². The molecule has 0 aromatic heterocycles. The summed E-state index contributed by atoms with van der Waals surface area (Å²) in [4.78, 5) is 15.0. The summed E-state index contributed by atoms with van der Waals surface area (Å²) < 4.78 is 6.17. The van der Waals surface area contributed by atoms with Gasteiger partial charge in [-0.05, 0) is 35.2 Å². The normalized spacial score (nSPS) is 15.5. The third-order valence-corrected chi connectivity index (χ3v) is 8.36. The zero-order valence-corrected chi connectivity index (χ0v) is 23.0. The van der Waals surface area contributed by atoms with Crippen LogP contribution in [-0.2, 0) is 21.4 Å². The van der Waals surface area contributed by atoms with E-state index in [9.17, 15) is 4.79 Å². The van der Waals surface area contributed by atoms with Crippen LogP contribution in [0.15, 0.2) is 121 Å². The number of piperidine rings is 1. The molecule has 3 nitrogen and oxygen atoms in total. The Morgan fingerprint density at radius 2 is 1.15 bits per heavy atom. The number of rotatable bonds is 10. The minimum absolute atomic E-state index is 0.101. The van der Waals surface area contributed by atoms with Crippen LogP contribution in [0, 0.1) is 0 Å². The van der Waals surface area contributed by atoms with Crippen LogP contribution in [0.25, 0.3) is 0 Å². The van der Waals surface area contributed by atoms with Crippen molar-refractivity contribution in [1.29, 1.82) is 0 Å². The second-order valence-corrected chi connectivity index (χ2v) is 10.8. The molecule has 0 amide bonds. The van der Waals surface area contributed by atoms with Gasteiger partial charge in [0.1, 0.15) is 5.60 Å². The molecule has 4 aromatic carbocycles. The lowest BCUT2D eigenvalue weighted by atomic mass is 9.67. The number of carbonyl (C=O) groups excluding carboxylic acids is 1. The summed E-state index contributed by atoms with van der Waals surface area (Å²) >= 11 is 0. The molecule has 1 heterocycles. The molecule has 0 atom stereocenters. The number of hydrogen-bond acceptors (Lipinski definition) is 3. The highest BCUT2D eigenvalue weighted by atomic mass is 16.6. The Kier molecular flexibility index (Phi) is 8.58. The molecule has 0 radical (unpaired) electrons. The molecule has 1 aliphatic heterocycles. The molecule has 200 valence electrons. The first kappa shape index (κ1) is 26.9. The van der Waals surface area contributed by atoms with Crippen molar-refractivity contribution < 1.29 is 9.53 Å². The first-order valence-corrected chi connectivity index (χ1v) is 14.3. The SMILES string of the molecule is CCC(=O)OC1(Cc2ccccc2)CCN(CCC(c2ccccc2)(c2ccccc2)c2ccccc2)CC1. The molecule has 0 unspecified atom stereocenters. The number of ether oxygens (including phenoxy) is 1. The number of carbonyl (C=O) groups is 1. The third-order valence-electron chi connectivity index (χ3n) is 8.36. The molecule has 0 spiro atoms. The van der Waals surface area contributed by atoms with Gasteiger partial charge in [0.2, 0.25) is 0 Å². The van der Waals surface area contributed by atoms with Crippen molar-refractivity contribution >= 4 is 5.97 Å². The van der Waals surface area contributed by atoms with Crippen molar-refractivity contribution in [3.8, 4) is 0 Å². The van der Waals surface area contributed by atoms with Gasteiger partial charge in [0.05, 0.1) is 0 Å². The van der Waals surface area contributed by atoms with Crippen molar-refractivity contribution in [3.63, 3.8) is 0 Å². The van der Waals surface area contributed by atoms with E-state index >= 15 is 0 Å². The Balaban J connectivity index is 1.40. The quantitative estimate of drug-likeness (QED) is 0.162. The number of benzene rings is 4. The summed E-state index contributed by atoms with van der Waals surface area (Å²) in [5.41, 5.74) is 4.49. The Hall–Kier alpha value is -3.69. The second-order valence-electron chi connectivity index (χ2n) is 10.8. The van der Waals surface area contributed by atoms with Crippen LogP contribution in [0.4, 0.5) is 0 Å². The topological polar surface area (TPSA) is 29.5 Å². The second kappa shape index (κ2) is 12.4. The molecule has 3 heteroatoms. The average Bonchev–Trinajstić information content (AvgIpc) is 3.00. The molecule has 0 bridgehead atoms. The molecular weight excluding hydrogens is 478 g/mol. The minimum Gasteiger partial charge on any atom is -0.459 e. The molecule has 0 N–H and O–H groups in total. The monoisotopic (exact) mass is 517 g/mol. The minimum atomic E-state index is -0.430. The van der Waals surface area contributed by atoms with Crippen LogP contribution in [0.3, 0.4) is 0 Å². The van der Waals surface area contributed by atoms with Gasteiger partial charge in [-0.15, -0.1) is 0 Å². The number of hydrogen-bond donors (Lipinski definition) is 0. The van der Waals surface area contributed by atoms with Gasteiger partial charge in [-0.1, -0.05) is 128 Å². The first-order valence-electron chi connectivity index (χ1n) is 14.3. The smallest absolute Gasteiger partial charge is 0.306 e. The Labute approximate surface area is 233 Å². The summed E-state index contributed by atoms with van der Waals surface area (Å²) in [6, 6.07) is 43.3. The molecule has 1 aliphatic rings. The number of nitrogens with zero attached hydrogens (tertiary/aromatic N) is 1. The van der Waals surface area contributed by atoms with E-state index in [0.29, 0.717) is 6.42 Å². The van der Waals surface area contributed by atoms with Crippen LogP contribution in [-0.4, -0.2) is 36.1 Å². The van der Waals surface area contributed by atoms with Crippen molar-refractivity contribution in [2.75, 3.05) is 19.6 Å². The maximum absolute atomic E-state index is 12.4. The van der Waals surface area contributed by atoms with Gasteiger partial charge in [0.25, 0.3) is 0 Å². The fourth-order valence-corrected chi connectivity index (χ4v) is 6.21. The maximum atomic E-state index is 12.4. The number of esters is 1. The highest BCUT2D eigenvalue weighted by Crippen LogP contribution is 2.43. The summed E-state index contributed by atoms with van der Waals surface area (Å²) in [6.07, 6.45) is 3.85. The van der Waals surface area contributed by atoms with Crippen LogP contribution in [0.5, 0.6) is 0 Å². The molecule has 0 aliphatic carbocycles. The molecule has 0 saturated carbocycles. The van der Waals surface area contributed by atoms with Crippen LogP contribution < -0.4 is 0 Å². The largest absolute Gasteiger partial charge is 0.459 e. The van der Waals surface area contributed by atoms with E-state index < -0.39 is 5.60 Å². The van der Waals surface area contributed by atoms with Gasteiger partial charge in [-0.3, -0.25) is 4.79 Å². The fraction of sp³-hybridized carbons (Fsp3) is 0.306. The molecule has 1 saturated heterocycles. The molecular formula is C36H39NO2. The van der Waals surface area contributed by atoms with E-state index in [0.717, 1.165) is 45.3 Å². The van der Waals surface area contributed by atoms with Gasteiger partial charge in [-0.2, -0.15) is 0 Å². The van der Waals surface area contributed by atoms with Gasteiger partial charge in [0.15, 0.2) is 0 Å². The number of likely N-dealkylation sites (tertiary alicyclic amines) is 1. The Bertz CT molecular complexity index is 1200. The van der Waals surface area contributed by atoms with E-state index in [2.05, 4.69) is 120 Å². The predicted octanol–water partition coefficient (Wildman–Crippen LogP) is 7.44. The van der Waals surface area contributed by atoms with E-state index in [-0.39, 0.29) is 11.4 Å². The van der Waals surface area contributed by atoms with Gasteiger partial charge >= 0.3 is 5.97 Å². The van der Waals surface area contributed by atoms with E-state index in [4.69, 9.17) is 4.74 Å². The Morgan fingerprint density at radius 1 is 0.718 bits per heavy atom. The summed E-state index contributed by atoms with van der Waals surface area (Å²) in [6.45, 7) is 4.67. The summed E-state index contributed by atoms with van der Waals surface area (Å²) in [5, 5.41) is 0. The highest BCUT2D eigenvalue weighted by molar-refractivity contribution is 5.69. The zero-order chi connectivity index (χ0) is 27.0. The van der Waals surface area contributed by atoms with Gasteiger partial charge in [-0.25, -0.2) is 0 Å². The predicted molar refractivity (Wildman–Crippen MR) is 159 cm³/mol. The van der Waals surface area contributed by atoms with Crippen LogP contribution in [0.2, 0.25) is 0 Å². The van der Waals surface area contributed by atoms with E-state index in [1.807, 2.05) is 13.0 Å². The molecule has 4 aromatic rings. The lowest BCUT2D eigenvalue weighted by Crippen LogP contribution is -2.49. The van der Waals surface area contributed by atoms with Crippen molar-refractivity contribution in [2.45, 2.75) is 50.0 Å². The molecule has 39 heavy (non-hydrogen) atoms. The van der Waals surface area contributed by atoms with Gasteiger partial charge in [0, 0.05) is 44.2 Å². The summed E-state index contributed by atoms with van der Waals surface area (Å²) in [7, 11) is 0. The lowest BCUT2D eigenvalue weighted by Gasteiger charge is -2.43.